The normalized spacial score (nSPS) is 11.4. The Kier molecular flexibility index (Phi) is 2.11. The van der Waals surface area contributed by atoms with Gasteiger partial charge in [-0.25, -0.2) is 9.50 Å². The predicted octanol–water partition coefficient (Wildman–Crippen LogP) is 1.22. The summed E-state index contributed by atoms with van der Waals surface area (Å²) in [4.78, 5) is 15.2. The van der Waals surface area contributed by atoms with Crippen LogP contribution in [0.3, 0.4) is 0 Å². The lowest BCUT2D eigenvalue weighted by Crippen LogP contribution is -2.01. The second-order valence-electron chi connectivity index (χ2n) is 3.91. The summed E-state index contributed by atoms with van der Waals surface area (Å²) in [5.74, 6) is 0.594. The number of hydrogen-bond acceptors (Lipinski definition) is 2. The standard InChI is InChI=1S/C10H13N3O/c1-7(2)3-8-5-11-9-4-10(14)12-13(9)6-8/h4-7H,3H2,1-2H3,(H,12,14). The summed E-state index contributed by atoms with van der Waals surface area (Å²) in [6.45, 7) is 4.31. The van der Waals surface area contributed by atoms with Gasteiger partial charge in [0.05, 0.1) is 0 Å². The number of rotatable bonds is 2. The van der Waals surface area contributed by atoms with E-state index in [0.717, 1.165) is 12.0 Å². The molecule has 0 spiro atoms. The Balaban J connectivity index is 2.45. The van der Waals surface area contributed by atoms with Gasteiger partial charge >= 0.3 is 0 Å². The molecule has 0 atom stereocenters. The van der Waals surface area contributed by atoms with Crippen molar-refractivity contribution in [2.45, 2.75) is 20.3 Å². The van der Waals surface area contributed by atoms with Crippen LogP contribution in [-0.2, 0) is 6.42 Å². The van der Waals surface area contributed by atoms with Crippen molar-refractivity contribution in [3.63, 3.8) is 0 Å². The summed E-state index contributed by atoms with van der Waals surface area (Å²) in [6, 6.07) is 1.49. The highest BCUT2D eigenvalue weighted by Gasteiger charge is 2.01. The van der Waals surface area contributed by atoms with E-state index in [4.69, 9.17) is 0 Å². The second kappa shape index (κ2) is 3.29. The van der Waals surface area contributed by atoms with Crippen LogP contribution in [0.5, 0.6) is 0 Å². The number of H-pyrrole nitrogens is 1. The van der Waals surface area contributed by atoms with Gasteiger partial charge in [0.2, 0.25) is 0 Å². The zero-order valence-corrected chi connectivity index (χ0v) is 8.32. The fourth-order valence-electron chi connectivity index (χ4n) is 1.52. The Bertz CT molecular complexity index is 495. The first kappa shape index (κ1) is 8.99. The van der Waals surface area contributed by atoms with Crippen molar-refractivity contribution in [2.24, 2.45) is 5.92 Å². The van der Waals surface area contributed by atoms with E-state index in [1.165, 1.54) is 6.07 Å². The maximum Gasteiger partial charge on any atom is 0.266 e. The molecule has 2 heterocycles. The topological polar surface area (TPSA) is 50.2 Å². The van der Waals surface area contributed by atoms with E-state index in [2.05, 4.69) is 23.9 Å². The highest BCUT2D eigenvalue weighted by molar-refractivity contribution is 5.35. The van der Waals surface area contributed by atoms with Crippen molar-refractivity contribution >= 4 is 5.65 Å². The third kappa shape index (κ3) is 1.69. The molecular formula is C10H13N3O. The van der Waals surface area contributed by atoms with Gasteiger partial charge in [-0.05, 0) is 17.9 Å². The highest BCUT2D eigenvalue weighted by Crippen LogP contribution is 2.06. The van der Waals surface area contributed by atoms with Crippen LogP contribution >= 0.6 is 0 Å². The monoisotopic (exact) mass is 191 g/mol. The average molecular weight is 191 g/mol. The van der Waals surface area contributed by atoms with E-state index >= 15 is 0 Å². The molecule has 0 aliphatic carbocycles. The van der Waals surface area contributed by atoms with Gasteiger partial charge in [-0.3, -0.25) is 9.89 Å². The molecule has 2 aromatic rings. The van der Waals surface area contributed by atoms with Gasteiger partial charge in [0.1, 0.15) is 0 Å². The molecule has 0 radical (unpaired) electrons. The van der Waals surface area contributed by atoms with Crippen LogP contribution < -0.4 is 5.56 Å². The maximum atomic E-state index is 11.0. The zero-order valence-electron chi connectivity index (χ0n) is 8.32. The van der Waals surface area contributed by atoms with E-state index in [-0.39, 0.29) is 5.56 Å². The SMILES string of the molecule is CC(C)Cc1cnc2cc(=O)[nH]n2c1. The van der Waals surface area contributed by atoms with Gasteiger partial charge in [-0.2, -0.15) is 0 Å². The number of aromatic nitrogens is 3. The molecule has 2 aromatic heterocycles. The Hall–Kier alpha value is -1.58. The number of nitrogens with one attached hydrogen (secondary N) is 1. The molecule has 0 fully saturated rings. The number of fused-ring (bicyclic) bond motifs is 1. The summed E-state index contributed by atoms with van der Waals surface area (Å²) in [7, 11) is 0. The minimum atomic E-state index is -0.112. The van der Waals surface area contributed by atoms with Crippen LogP contribution in [0, 0.1) is 5.92 Å². The molecular weight excluding hydrogens is 178 g/mol. The molecule has 0 saturated carbocycles. The molecule has 74 valence electrons. The number of hydrogen-bond donors (Lipinski definition) is 1. The molecule has 2 rings (SSSR count). The minimum absolute atomic E-state index is 0.112. The molecule has 0 saturated heterocycles. The van der Waals surface area contributed by atoms with Crippen molar-refractivity contribution in [3.05, 3.63) is 34.4 Å². The van der Waals surface area contributed by atoms with Crippen molar-refractivity contribution in [2.75, 3.05) is 0 Å². The molecule has 0 bridgehead atoms. The lowest BCUT2D eigenvalue weighted by molar-refractivity contribution is 0.641. The number of nitrogens with zero attached hydrogens (tertiary/aromatic N) is 2. The molecule has 0 aliphatic rings. The van der Waals surface area contributed by atoms with Gasteiger partial charge in [0.15, 0.2) is 5.65 Å². The summed E-state index contributed by atoms with van der Waals surface area (Å²) in [5, 5.41) is 2.67. The van der Waals surface area contributed by atoms with E-state index < -0.39 is 0 Å². The third-order valence-electron chi connectivity index (χ3n) is 2.04. The van der Waals surface area contributed by atoms with Crippen molar-refractivity contribution in [1.82, 2.24) is 14.6 Å². The molecule has 4 nitrogen and oxygen atoms in total. The van der Waals surface area contributed by atoms with E-state index in [1.54, 1.807) is 4.52 Å². The Morgan fingerprint density at radius 1 is 1.57 bits per heavy atom. The van der Waals surface area contributed by atoms with Crippen LogP contribution in [-0.4, -0.2) is 14.6 Å². The van der Waals surface area contributed by atoms with E-state index in [1.807, 2.05) is 12.4 Å². The number of aromatic amines is 1. The first-order chi connectivity index (χ1) is 6.65. The predicted molar refractivity (Wildman–Crippen MR) is 54.4 cm³/mol. The smallest absolute Gasteiger partial charge is 0.266 e. The average Bonchev–Trinajstić information content (AvgIpc) is 2.42. The Morgan fingerprint density at radius 3 is 3.07 bits per heavy atom. The van der Waals surface area contributed by atoms with E-state index in [0.29, 0.717) is 11.6 Å². The van der Waals surface area contributed by atoms with E-state index in [9.17, 15) is 4.79 Å². The summed E-state index contributed by atoms with van der Waals surface area (Å²) in [5.41, 5.74) is 1.70. The summed E-state index contributed by atoms with van der Waals surface area (Å²) in [6.07, 6.45) is 4.72. The molecule has 0 amide bonds. The third-order valence-corrected chi connectivity index (χ3v) is 2.04. The Morgan fingerprint density at radius 2 is 2.36 bits per heavy atom. The maximum absolute atomic E-state index is 11.0. The lowest BCUT2D eigenvalue weighted by atomic mass is 10.1. The minimum Gasteiger partial charge on any atom is -0.268 e. The fraction of sp³-hybridized carbons (Fsp3) is 0.400. The van der Waals surface area contributed by atoms with Gasteiger partial charge in [-0.1, -0.05) is 13.8 Å². The van der Waals surface area contributed by atoms with Crippen LogP contribution in [0.1, 0.15) is 19.4 Å². The van der Waals surface area contributed by atoms with Crippen LogP contribution in [0.15, 0.2) is 23.3 Å². The largest absolute Gasteiger partial charge is 0.268 e. The van der Waals surface area contributed by atoms with Gasteiger partial charge in [0.25, 0.3) is 5.56 Å². The molecule has 0 unspecified atom stereocenters. The van der Waals surface area contributed by atoms with Crippen molar-refractivity contribution < 1.29 is 0 Å². The quantitative estimate of drug-likeness (QED) is 0.776. The zero-order chi connectivity index (χ0) is 10.1. The second-order valence-corrected chi connectivity index (χ2v) is 3.91. The molecule has 0 aliphatic heterocycles. The van der Waals surface area contributed by atoms with Gasteiger partial charge < -0.3 is 0 Å². The van der Waals surface area contributed by atoms with Gasteiger partial charge in [0, 0.05) is 18.5 Å². The first-order valence-electron chi connectivity index (χ1n) is 4.71. The highest BCUT2D eigenvalue weighted by atomic mass is 16.1. The molecule has 0 aromatic carbocycles. The van der Waals surface area contributed by atoms with Crippen LogP contribution in [0.25, 0.3) is 5.65 Å². The van der Waals surface area contributed by atoms with Gasteiger partial charge in [-0.15, -0.1) is 0 Å². The van der Waals surface area contributed by atoms with Crippen molar-refractivity contribution in [1.29, 1.82) is 0 Å². The fourth-order valence-corrected chi connectivity index (χ4v) is 1.52. The molecule has 1 N–H and O–H groups in total. The summed E-state index contributed by atoms with van der Waals surface area (Å²) < 4.78 is 1.67. The first-order valence-corrected chi connectivity index (χ1v) is 4.71. The molecule has 4 heteroatoms. The lowest BCUT2D eigenvalue weighted by Gasteiger charge is -2.04. The summed E-state index contributed by atoms with van der Waals surface area (Å²) >= 11 is 0. The van der Waals surface area contributed by atoms with Crippen LogP contribution in [0.2, 0.25) is 0 Å². The van der Waals surface area contributed by atoms with Crippen LogP contribution in [0.4, 0.5) is 0 Å². The molecule has 14 heavy (non-hydrogen) atoms. The Labute approximate surface area is 81.6 Å². The van der Waals surface area contributed by atoms with Crippen molar-refractivity contribution in [3.8, 4) is 0 Å².